The molecule has 166 valence electrons. The minimum atomic E-state index is -4.18. The van der Waals surface area contributed by atoms with E-state index in [0.717, 1.165) is 45.2 Å². The predicted octanol–water partition coefficient (Wildman–Crippen LogP) is 2.58. The van der Waals surface area contributed by atoms with Gasteiger partial charge < -0.3 is 19.7 Å². The van der Waals surface area contributed by atoms with Gasteiger partial charge in [-0.2, -0.15) is 13.2 Å². The normalized spacial score (nSPS) is 22.8. The first-order valence-corrected chi connectivity index (χ1v) is 9.91. The lowest BCUT2D eigenvalue weighted by Crippen LogP contribution is -2.56. The highest BCUT2D eigenvalue weighted by atomic mass is 127. The van der Waals surface area contributed by atoms with Gasteiger partial charge in [-0.1, -0.05) is 0 Å². The number of hydrogen-bond donors (Lipinski definition) is 1. The summed E-state index contributed by atoms with van der Waals surface area (Å²) in [5.41, 5.74) is 0. The van der Waals surface area contributed by atoms with Crippen LogP contribution in [0.3, 0.4) is 0 Å². The Kier molecular flexibility index (Phi) is 12.0. The molecule has 0 spiro atoms. The Morgan fingerprint density at radius 1 is 1.29 bits per heavy atom. The van der Waals surface area contributed by atoms with Gasteiger partial charge in [0.05, 0.1) is 13.2 Å². The molecule has 0 aliphatic carbocycles. The molecule has 2 saturated heterocycles. The molecule has 0 radical (unpaired) electrons. The van der Waals surface area contributed by atoms with E-state index in [1.807, 2.05) is 11.8 Å². The fourth-order valence-electron chi connectivity index (χ4n) is 3.27. The number of alkyl halides is 3. The van der Waals surface area contributed by atoms with E-state index in [-0.39, 0.29) is 24.0 Å². The van der Waals surface area contributed by atoms with E-state index in [1.165, 1.54) is 11.8 Å². The van der Waals surface area contributed by atoms with Gasteiger partial charge >= 0.3 is 6.18 Å². The maximum absolute atomic E-state index is 12.9. The smallest absolute Gasteiger partial charge is 0.381 e. The summed E-state index contributed by atoms with van der Waals surface area (Å²) < 4.78 is 49.6. The molecule has 2 rings (SSSR count). The van der Waals surface area contributed by atoms with Crippen molar-refractivity contribution < 1.29 is 22.6 Å². The molecule has 2 fully saturated rings. The molecule has 0 aromatic carbocycles. The lowest BCUT2D eigenvalue weighted by molar-refractivity contribution is -0.181. The summed E-state index contributed by atoms with van der Waals surface area (Å²) in [6.45, 7) is 9.49. The summed E-state index contributed by atoms with van der Waals surface area (Å²) >= 11 is 0. The van der Waals surface area contributed by atoms with Crippen molar-refractivity contribution in [2.24, 2.45) is 10.9 Å². The van der Waals surface area contributed by atoms with Crippen LogP contribution in [-0.4, -0.2) is 93.7 Å². The molecular weight excluding hydrogens is 488 g/mol. The molecule has 0 aromatic heterocycles. The maximum Gasteiger partial charge on any atom is 0.403 e. The van der Waals surface area contributed by atoms with Crippen molar-refractivity contribution in [2.45, 2.75) is 38.9 Å². The van der Waals surface area contributed by atoms with E-state index < -0.39 is 12.2 Å². The number of rotatable bonds is 8. The average molecular weight is 522 g/mol. The molecule has 0 bridgehead atoms. The van der Waals surface area contributed by atoms with Crippen molar-refractivity contribution in [3.05, 3.63) is 0 Å². The highest BCUT2D eigenvalue weighted by Crippen LogP contribution is 2.25. The quantitative estimate of drug-likeness (QED) is 0.230. The fraction of sp³-hybridized carbons (Fsp3) is 0.944. The Morgan fingerprint density at radius 2 is 2.00 bits per heavy atom. The molecule has 0 saturated carbocycles. The number of hydrogen-bond acceptors (Lipinski definition) is 4. The van der Waals surface area contributed by atoms with E-state index in [2.05, 4.69) is 10.3 Å². The van der Waals surface area contributed by atoms with Crippen LogP contribution in [0.2, 0.25) is 0 Å². The van der Waals surface area contributed by atoms with E-state index in [1.54, 1.807) is 0 Å². The van der Waals surface area contributed by atoms with E-state index in [4.69, 9.17) is 9.47 Å². The third-order valence-electron chi connectivity index (χ3n) is 5.06. The van der Waals surface area contributed by atoms with Crippen LogP contribution in [0.25, 0.3) is 0 Å². The molecule has 1 N–H and O–H groups in total. The average Bonchev–Trinajstić information content (AvgIpc) is 3.16. The van der Waals surface area contributed by atoms with E-state index >= 15 is 0 Å². The minimum absolute atomic E-state index is 0. The summed E-state index contributed by atoms with van der Waals surface area (Å²) in [6.07, 6.45) is -2.28. The van der Waals surface area contributed by atoms with Gasteiger partial charge in [0.1, 0.15) is 6.04 Å². The molecular formula is C18H34F3IN4O2. The monoisotopic (exact) mass is 522 g/mol. The third kappa shape index (κ3) is 8.58. The van der Waals surface area contributed by atoms with Crippen LogP contribution >= 0.6 is 24.0 Å². The number of ether oxygens (including phenoxy) is 2. The van der Waals surface area contributed by atoms with Crippen LogP contribution < -0.4 is 5.32 Å². The van der Waals surface area contributed by atoms with Gasteiger partial charge in [-0.25, -0.2) is 0 Å². The molecule has 6 nitrogen and oxygen atoms in total. The Labute approximate surface area is 183 Å². The number of piperazine rings is 1. The zero-order valence-electron chi connectivity index (χ0n) is 16.8. The van der Waals surface area contributed by atoms with Gasteiger partial charge in [0.25, 0.3) is 0 Å². The topological polar surface area (TPSA) is 49.3 Å². The summed E-state index contributed by atoms with van der Waals surface area (Å²) in [5.74, 6) is 1.29. The lowest BCUT2D eigenvalue weighted by atomic mass is 10.1. The number of nitrogens with one attached hydrogen (secondary N) is 1. The first kappa shape index (κ1) is 25.7. The molecule has 2 aliphatic heterocycles. The zero-order valence-corrected chi connectivity index (χ0v) is 19.2. The van der Waals surface area contributed by atoms with Gasteiger partial charge in [-0.15, -0.1) is 24.0 Å². The van der Waals surface area contributed by atoms with Gasteiger partial charge in [-0.05, 0) is 26.7 Å². The van der Waals surface area contributed by atoms with Crippen LogP contribution in [0.5, 0.6) is 0 Å². The second kappa shape index (κ2) is 13.1. The van der Waals surface area contributed by atoms with Gasteiger partial charge in [-0.3, -0.25) is 9.89 Å². The second-order valence-corrected chi connectivity index (χ2v) is 7.13. The summed E-state index contributed by atoms with van der Waals surface area (Å²) in [5, 5.41) is 3.24. The van der Waals surface area contributed by atoms with Crippen LogP contribution in [0.4, 0.5) is 13.2 Å². The predicted molar refractivity (Wildman–Crippen MR) is 114 cm³/mol. The van der Waals surface area contributed by atoms with Gasteiger partial charge in [0.15, 0.2) is 5.96 Å². The third-order valence-corrected chi connectivity index (χ3v) is 5.06. The van der Waals surface area contributed by atoms with Crippen LogP contribution in [0.1, 0.15) is 26.7 Å². The second-order valence-electron chi connectivity index (χ2n) is 7.13. The number of halogens is 4. The van der Waals surface area contributed by atoms with Crippen molar-refractivity contribution in [1.29, 1.82) is 0 Å². The fourth-order valence-corrected chi connectivity index (χ4v) is 3.27. The molecule has 2 unspecified atom stereocenters. The molecule has 10 heteroatoms. The Morgan fingerprint density at radius 3 is 2.57 bits per heavy atom. The first-order chi connectivity index (χ1) is 12.9. The van der Waals surface area contributed by atoms with Crippen molar-refractivity contribution in [3.8, 4) is 0 Å². The van der Waals surface area contributed by atoms with Crippen molar-refractivity contribution in [1.82, 2.24) is 15.1 Å². The summed E-state index contributed by atoms with van der Waals surface area (Å²) in [7, 11) is 0. The van der Waals surface area contributed by atoms with Crippen LogP contribution in [-0.2, 0) is 9.47 Å². The van der Waals surface area contributed by atoms with Gasteiger partial charge in [0, 0.05) is 58.4 Å². The standard InChI is InChI=1S/C18H33F3N4O2.HI/c1-3-22-17(23-6-4-11-26-13-16-5-12-27-14-16)25-9-7-24(8-10-25)15(2)18(19,20)21;/h15-16H,3-14H2,1-2H3,(H,22,23);1H. The largest absolute Gasteiger partial charge is 0.403 e. The molecule has 2 aliphatic rings. The molecule has 0 aromatic rings. The summed E-state index contributed by atoms with van der Waals surface area (Å²) in [4.78, 5) is 8.14. The Bertz CT molecular complexity index is 455. The zero-order chi connectivity index (χ0) is 19.7. The summed E-state index contributed by atoms with van der Waals surface area (Å²) in [6, 6.07) is -1.40. The van der Waals surface area contributed by atoms with Gasteiger partial charge in [0.2, 0.25) is 0 Å². The number of guanidine groups is 1. The lowest BCUT2D eigenvalue weighted by Gasteiger charge is -2.39. The Balaban J connectivity index is 0.00000392. The van der Waals surface area contributed by atoms with E-state index in [0.29, 0.717) is 45.2 Å². The molecule has 2 heterocycles. The Hall–Kier alpha value is -0.330. The van der Waals surface area contributed by atoms with Crippen molar-refractivity contribution in [3.63, 3.8) is 0 Å². The van der Waals surface area contributed by atoms with Crippen molar-refractivity contribution >= 4 is 29.9 Å². The minimum Gasteiger partial charge on any atom is -0.381 e. The highest BCUT2D eigenvalue weighted by Gasteiger charge is 2.41. The maximum atomic E-state index is 12.9. The highest BCUT2D eigenvalue weighted by molar-refractivity contribution is 14.0. The van der Waals surface area contributed by atoms with Crippen LogP contribution in [0.15, 0.2) is 4.99 Å². The molecule has 0 amide bonds. The first-order valence-electron chi connectivity index (χ1n) is 9.91. The SMILES string of the molecule is CCNC(=NCCCOCC1CCOC1)N1CCN(C(C)C(F)(F)F)CC1.I. The van der Waals surface area contributed by atoms with E-state index in [9.17, 15) is 13.2 Å². The molecule has 28 heavy (non-hydrogen) atoms. The van der Waals surface area contributed by atoms with Crippen LogP contribution in [0, 0.1) is 5.92 Å². The number of aliphatic imine (C=N–C) groups is 1. The van der Waals surface area contributed by atoms with Crippen molar-refractivity contribution in [2.75, 3.05) is 65.7 Å². The number of nitrogens with zero attached hydrogens (tertiary/aromatic N) is 3. The molecule has 2 atom stereocenters.